The smallest absolute Gasteiger partial charge is 0.242 e. The molecule has 3 rings (SSSR count). The predicted octanol–water partition coefficient (Wildman–Crippen LogP) is 2.13. The average molecular weight is 329 g/mol. The van der Waals surface area contributed by atoms with Crippen molar-refractivity contribution in [3.05, 3.63) is 36.0 Å². The summed E-state index contributed by atoms with van der Waals surface area (Å²) >= 11 is 0. The van der Waals surface area contributed by atoms with E-state index in [2.05, 4.69) is 34.7 Å². The van der Waals surface area contributed by atoms with E-state index in [0.29, 0.717) is 6.54 Å². The number of hydrogen-bond acceptors (Lipinski definition) is 3. The molecule has 1 amide bonds. The third-order valence-corrected chi connectivity index (χ3v) is 4.85. The Morgan fingerprint density at radius 2 is 2.00 bits per heavy atom. The van der Waals surface area contributed by atoms with Crippen molar-refractivity contribution in [2.45, 2.75) is 19.9 Å². The van der Waals surface area contributed by atoms with Gasteiger partial charge in [-0.15, -0.1) is 0 Å². The van der Waals surface area contributed by atoms with Crippen molar-refractivity contribution in [1.82, 2.24) is 14.4 Å². The molecule has 1 aliphatic heterocycles. The molecule has 0 bridgehead atoms. The molecule has 0 atom stereocenters. The van der Waals surface area contributed by atoms with Crippen LogP contribution < -0.4 is 0 Å². The number of carbonyl (C=O) groups excluding carboxylic acids is 1. The van der Waals surface area contributed by atoms with Crippen LogP contribution >= 0.6 is 0 Å². The Labute approximate surface area is 143 Å². The fourth-order valence-electron chi connectivity index (χ4n) is 3.47. The van der Waals surface area contributed by atoms with Gasteiger partial charge in [-0.25, -0.2) is 0 Å². The van der Waals surface area contributed by atoms with E-state index in [-0.39, 0.29) is 5.91 Å². The van der Waals surface area contributed by atoms with Gasteiger partial charge in [0.15, 0.2) is 0 Å². The maximum absolute atomic E-state index is 12.8. The van der Waals surface area contributed by atoms with E-state index in [1.54, 1.807) is 7.11 Å². The molecule has 5 nitrogen and oxygen atoms in total. The van der Waals surface area contributed by atoms with Crippen LogP contribution in [0.4, 0.5) is 0 Å². The molecule has 1 aromatic heterocycles. The van der Waals surface area contributed by atoms with Gasteiger partial charge in [0, 0.05) is 50.4 Å². The van der Waals surface area contributed by atoms with Crippen LogP contribution in [0.3, 0.4) is 0 Å². The van der Waals surface area contributed by atoms with Crippen molar-refractivity contribution in [3.8, 4) is 0 Å². The minimum Gasteiger partial charge on any atom is -0.383 e. The number of amides is 1. The minimum absolute atomic E-state index is 0.212. The summed E-state index contributed by atoms with van der Waals surface area (Å²) in [5, 5.41) is 1.23. The Bertz CT molecular complexity index is 695. The summed E-state index contributed by atoms with van der Waals surface area (Å²) in [7, 11) is 1.73. The number of rotatable bonds is 5. The van der Waals surface area contributed by atoms with Gasteiger partial charge in [0.1, 0.15) is 6.54 Å². The van der Waals surface area contributed by atoms with Crippen LogP contribution in [-0.2, 0) is 16.1 Å². The molecule has 0 N–H and O–H groups in total. The number of para-hydroxylation sites is 1. The molecule has 2 heterocycles. The van der Waals surface area contributed by atoms with Crippen molar-refractivity contribution in [2.24, 2.45) is 0 Å². The second-order valence-electron chi connectivity index (χ2n) is 6.53. The molecule has 1 fully saturated rings. The molecule has 1 saturated heterocycles. The highest BCUT2D eigenvalue weighted by Crippen LogP contribution is 2.20. The molecule has 1 aromatic carbocycles. The van der Waals surface area contributed by atoms with Gasteiger partial charge in [-0.05, 0) is 31.5 Å². The van der Waals surface area contributed by atoms with Gasteiger partial charge >= 0.3 is 0 Å². The normalized spacial score (nSPS) is 16.5. The van der Waals surface area contributed by atoms with Crippen LogP contribution in [0.1, 0.15) is 12.0 Å². The molecule has 0 saturated carbocycles. The quantitative estimate of drug-likeness (QED) is 0.843. The standard InChI is InChI=1S/C19H27N3O2/c1-16-14-22(18-7-4-3-6-17(16)18)15-19(23)21-9-5-8-20(10-11-21)12-13-24-2/h3-4,6-7,14H,5,8-13,15H2,1-2H3. The number of aromatic nitrogens is 1. The summed E-state index contributed by atoms with van der Waals surface area (Å²) in [6.07, 6.45) is 3.12. The largest absolute Gasteiger partial charge is 0.383 e. The molecule has 24 heavy (non-hydrogen) atoms. The Hall–Kier alpha value is -1.85. The molecule has 5 heteroatoms. The fourth-order valence-corrected chi connectivity index (χ4v) is 3.47. The lowest BCUT2D eigenvalue weighted by molar-refractivity contribution is -0.131. The first-order chi connectivity index (χ1) is 11.7. The van der Waals surface area contributed by atoms with Crippen LogP contribution in [0.2, 0.25) is 0 Å². The van der Waals surface area contributed by atoms with Crippen LogP contribution in [0.25, 0.3) is 10.9 Å². The molecule has 0 spiro atoms. The van der Waals surface area contributed by atoms with Gasteiger partial charge < -0.3 is 14.2 Å². The summed E-state index contributed by atoms with van der Waals surface area (Å²) < 4.78 is 7.24. The van der Waals surface area contributed by atoms with Crippen LogP contribution in [0.5, 0.6) is 0 Å². The van der Waals surface area contributed by atoms with Gasteiger partial charge in [0.05, 0.1) is 6.61 Å². The van der Waals surface area contributed by atoms with Gasteiger partial charge in [0.25, 0.3) is 0 Å². The molecule has 0 radical (unpaired) electrons. The Morgan fingerprint density at radius 3 is 2.83 bits per heavy atom. The average Bonchev–Trinajstić information content (AvgIpc) is 2.77. The lowest BCUT2D eigenvalue weighted by Gasteiger charge is -2.22. The van der Waals surface area contributed by atoms with Gasteiger partial charge in [-0.3, -0.25) is 9.69 Å². The molecular weight excluding hydrogens is 302 g/mol. The van der Waals surface area contributed by atoms with Crippen LogP contribution in [0, 0.1) is 6.92 Å². The third-order valence-electron chi connectivity index (χ3n) is 4.85. The van der Waals surface area contributed by atoms with Crippen molar-refractivity contribution in [1.29, 1.82) is 0 Å². The first kappa shape index (κ1) is 17.0. The second kappa shape index (κ2) is 7.81. The highest BCUT2D eigenvalue weighted by molar-refractivity contribution is 5.86. The van der Waals surface area contributed by atoms with Gasteiger partial charge in [-0.1, -0.05) is 18.2 Å². The zero-order valence-corrected chi connectivity index (χ0v) is 14.7. The highest BCUT2D eigenvalue weighted by atomic mass is 16.5. The summed E-state index contributed by atoms with van der Waals surface area (Å²) in [6, 6.07) is 8.28. The zero-order valence-electron chi connectivity index (χ0n) is 14.7. The van der Waals surface area contributed by atoms with E-state index in [9.17, 15) is 4.79 Å². The van der Waals surface area contributed by atoms with Crippen molar-refractivity contribution in [3.63, 3.8) is 0 Å². The third kappa shape index (κ3) is 3.79. The summed E-state index contributed by atoms with van der Waals surface area (Å²) in [6.45, 7) is 7.85. The Kier molecular flexibility index (Phi) is 5.53. The van der Waals surface area contributed by atoms with Gasteiger partial charge in [-0.2, -0.15) is 0 Å². The Balaban J connectivity index is 1.64. The van der Waals surface area contributed by atoms with E-state index in [4.69, 9.17) is 4.74 Å². The number of carbonyl (C=O) groups is 1. The van der Waals surface area contributed by atoms with E-state index >= 15 is 0 Å². The number of benzene rings is 1. The zero-order chi connectivity index (χ0) is 16.9. The van der Waals surface area contributed by atoms with Crippen molar-refractivity contribution >= 4 is 16.8 Å². The summed E-state index contributed by atoms with van der Waals surface area (Å²) in [5.74, 6) is 0.212. The number of ether oxygens (including phenoxy) is 1. The number of aryl methyl sites for hydroxylation is 1. The number of hydrogen-bond donors (Lipinski definition) is 0. The number of fused-ring (bicyclic) bond motifs is 1. The van der Waals surface area contributed by atoms with E-state index < -0.39 is 0 Å². The maximum Gasteiger partial charge on any atom is 0.242 e. The predicted molar refractivity (Wildman–Crippen MR) is 96.2 cm³/mol. The fraction of sp³-hybridized carbons (Fsp3) is 0.526. The molecular formula is C19H27N3O2. The van der Waals surface area contributed by atoms with Crippen molar-refractivity contribution < 1.29 is 9.53 Å². The number of nitrogens with zero attached hydrogens (tertiary/aromatic N) is 3. The Morgan fingerprint density at radius 1 is 1.17 bits per heavy atom. The molecule has 2 aromatic rings. The summed E-state index contributed by atoms with van der Waals surface area (Å²) in [4.78, 5) is 17.1. The van der Waals surface area contributed by atoms with Crippen molar-refractivity contribution in [2.75, 3.05) is 46.4 Å². The molecule has 130 valence electrons. The SMILES string of the molecule is COCCN1CCCN(C(=O)Cn2cc(C)c3ccccc32)CC1. The highest BCUT2D eigenvalue weighted by Gasteiger charge is 2.19. The molecule has 1 aliphatic rings. The van der Waals surface area contributed by atoms with Crippen LogP contribution in [0.15, 0.2) is 30.5 Å². The van der Waals surface area contributed by atoms with E-state index in [1.165, 1.54) is 10.9 Å². The maximum atomic E-state index is 12.8. The lowest BCUT2D eigenvalue weighted by Crippen LogP contribution is -2.37. The molecule has 0 aliphatic carbocycles. The molecule has 0 unspecified atom stereocenters. The van der Waals surface area contributed by atoms with Crippen LogP contribution in [-0.4, -0.2) is 66.7 Å². The monoisotopic (exact) mass is 329 g/mol. The summed E-state index contributed by atoms with van der Waals surface area (Å²) in [5.41, 5.74) is 2.36. The lowest BCUT2D eigenvalue weighted by atomic mass is 10.2. The van der Waals surface area contributed by atoms with E-state index in [1.807, 2.05) is 17.0 Å². The number of methoxy groups -OCH3 is 1. The topological polar surface area (TPSA) is 37.7 Å². The van der Waals surface area contributed by atoms with Gasteiger partial charge in [0.2, 0.25) is 5.91 Å². The first-order valence-electron chi connectivity index (χ1n) is 8.72. The second-order valence-corrected chi connectivity index (χ2v) is 6.53. The van der Waals surface area contributed by atoms with E-state index in [0.717, 1.165) is 51.3 Å². The minimum atomic E-state index is 0.212. The first-order valence-corrected chi connectivity index (χ1v) is 8.72.